The Kier molecular flexibility index (Phi) is 2.20. The molecule has 2 rings (SSSR count). The van der Waals surface area contributed by atoms with E-state index in [9.17, 15) is 0 Å². The first-order valence-electron chi connectivity index (χ1n) is 4.62. The molecule has 0 bridgehead atoms. The highest BCUT2D eigenvalue weighted by atomic mass is 15.0. The van der Waals surface area contributed by atoms with Crippen LogP contribution in [0.1, 0.15) is 22.3 Å². The third-order valence-electron chi connectivity index (χ3n) is 2.35. The molecule has 2 nitrogen and oxygen atoms in total. The minimum absolute atomic E-state index is 0.917. The quantitative estimate of drug-likeness (QED) is 0.640. The van der Waals surface area contributed by atoms with E-state index in [-0.39, 0.29) is 0 Å². The number of benzene rings is 1. The van der Waals surface area contributed by atoms with Crippen molar-refractivity contribution in [1.82, 2.24) is 0 Å². The first kappa shape index (κ1) is 9.13. The first-order valence-corrected chi connectivity index (χ1v) is 4.62. The predicted octanol–water partition coefficient (Wildman–Crippen LogP) is 2.48. The fraction of sp³-hybridized carbons (Fsp3) is 0.250. The van der Waals surface area contributed by atoms with Gasteiger partial charge in [-0.1, -0.05) is 17.7 Å². The first-order chi connectivity index (χ1) is 6.68. The van der Waals surface area contributed by atoms with Crippen LogP contribution in [0.25, 0.3) is 0 Å². The molecule has 0 amide bonds. The van der Waals surface area contributed by atoms with Crippen LogP contribution in [0.4, 0.5) is 0 Å². The summed E-state index contributed by atoms with van der Waals surface area (Å²) in [6, 6.07) is 4.33. The molecule has 0 N–H and O–H groups in total. The van der Waals surface area contributed by atoms with Gasteiger partial charge in [0, 0.05) is 5.56 Å². The SMILES string of the molecule is Cc1cc(C)c(C2=N[C]N=C2)c(C)c1. The zero-order chi connectivity index (χ0) is 10.1. The number of hydrogen-bond donors (Lipinski definition) is 0. The Morgan fingerprint density at radius 3 is 2.21 bits per heavy atom. The molecule has 0 saturated heterocycles. The van der Waals surface area contributed by atoms with E-state index in [0.29, 0.717) is 0 Å². The van der Waals surface area contributed by atoms with Crippen LogP contribution in [0.3, 0.4) is 0 Å². The Morgan fingerprint density at radius 2 is 1.71 bits per heavy atom. The van der Waals surface area contributed by atoms with Crippen molar-refractivity contribution in [3.63, 3.8) is 0 Å². The Balaban J connectivity index is 2.57. The minimum atomic E-state index is 0.917. The minimum Gasteiger partial charge on any atom is -0.252 e. The normalized spacial score (nSPS) is 14.6. The highest BCUT2D eigenvalue weighted by molar-refractivity contribution is 6.40. The van der Waals surface area contributed by atoms with Crippen molar-refractivity contribution in [1.29, 1.82) is 0 Å². The van der Waals surface area contributed by atoms with E-state index in [4.69, 9.17) is 0 Å². The van der Waals surface area contributed by atoms with Gasteiger partial charge in [-0.2, -0.15) is 0 Å². The number of hydrogen-bond acceptors (Lipinski definition) is 2. The second-order valence-corrected chi connectivity index (χ2v) is 3.63. The lowest BCUT2D eigenvalue weighted by atomic mass is 9.96. The molecule has 0 fully saturated rings. The van der Waals surface area contributed by atoms with Crippen LogP contribution in [-0.4, -0.2) is 11.9 Å². The Bertz CT molecular complexity index is 405. The molecule has 0 aromatic heterocycles. The van der Waals surface area contributed by atoms with Gasteiger partial charge in [-0.3, -0.25) is 4.99 Å². The highest BCUT2D eigenvalue weighted by Gasteiger charge is 2.11. The molecule has 0 unspecified atom stereocenters. The van der Waals surface area contributed by atoms with E-state index >= 15 is 0 Å². The summed E-state index contributed by atoms with van der Waals surface area (Å²) in [7, 11) is 0. The van der Waals surface area contributed by atoms with Crippen LogP contribution in [0.2, 0.25) is 0 Å². The molecule has 1 aromatic rings. The van der Waals surface area contributed by atoms with Gasteiger partial charge in [-0.15, -0.1) is 0 Å². The van der Waals surface area contributed by atoms with E-state index in [0.717, 1.165) is 5.71 Å². The van der Waals surface area contributed by atoms with Crippen molar-refractivity contribution in [2.75, 3.05) is 0 Å². The second-order valence-electron chi connectivity index (χ2n) is 3.63. The molecular weight excluding hydrogens is 172 g/mol. The molecule has 14 heavy (non-hydrogen) atoms. The van der Waals surface area contributed by atoms with Crippen molar-refractivity contribution >= 4 is 11.9 Å². The van der Waals surface area contributed by atoms with Gasteiger partial charge < -0.3 is 0 Å². The summed E-state index contributed by atoms with van der Waals surface area (Å²) in [6.07, 6.45) is 1.75. The largest absolute Gasteiger partial charge is 0.252 e. The molecular formula is C12H12N2. The summed E-state index contributed by atoms with van der Waals surface area (Å²) in [5.41, 5.74) is 5.88. The zero-order valence-corrected chi connectivity index (χ0v) is 8.63. The maximum atomic E-state index is 4.10. The lowest BCUT2D eigenvalue weighted by Crippen LogP contribution is -2.05. The van der Waals surface area contributed by atoms with Gasteiger partial charge in [-0.05, 0) is 31.9 Å². The maximum absolute atomic E-state index is 4.10. The van der Waals surface area contributed by atoms with Gasteiger partial charge in [0.15, 0.2) is 0 Å². The van der Waals surface area contributed by atoms with Gasteiger partial charge >= 0.3 is 0 Å². The molecule has 1 aliphatic rings. The van der Waals surface area contributed by atoms with Crippen LogP contribution >= 0.6 is 0 Å². The second kappa shape index (κ2) is 3.37. The molecule has 0 spiro atoms. The topological polar surface area (TPSA) is 24.7 Å². The van der Waals surface area contributed by atoms with Gasteiger partial charge in [0.25, 0.3) is 0 Å². The summed E-state index contributed by atoms with van der Waals surface area (Å²) in [5, 5.41) is 0. The number of rotatable bonds is 1. The average Bonchev–Trinajstić information content (AvgIpc) is 2.54. The summed E-state index contributed by atoms with van der Waals surface area (Å²) in [4.78, 5) is 7.97. The summed E-state index contributed by atoms with van der Waals surface area (Å²) in [5.74, 6) is 0. The molecule has 0 saturated carbocycles. The van der Waals surface area contributed by atoms with E-state index in [2.05, 4.69) is 49.6 Å². The van der Waals surface area contributed by atoms with Gasteiger partial charge in [0.05, 0.1) is 11.9 Å². The van der Waals surface area contributed by atoms with Crippen LogP contribution in [0, 0.1) is 27.4 Å². The van der Waals surface area contributed by atoms with E-state index in [1.807, 2.05) is 0 Å². The molecule has 0 atom stereocenters. The van der Waals surface area contributed by atoms with Crippen molar-refractivity contribution < 1.29 is 0 Å². The summed E-state index contributed by atoms with van der Waals surface area (Å²) < 4.78 is 0. The van der Waals surface area contributed by atoms with Crippen LogP contribution < -0.4 is 0 Å². The van der Waals surface area contributed by atoms with Crippen molar-refractivity contribution in [2.45, 2.75) is 20.8 Å². The average molecular weight is 184 g/mol. The third-order valence-corrected chi connectivity index (χ3v) is 2.35. The molecule has 1 aromatic carbocycles. The lowest BCUT2D eigenvalue weighted by molar-refractivity contribution is 1.27. The van der Waals surface area contributed by atoms with Crippen molar-refractivity contribution in [2.24, 2.45) is 9.98 Å². The van der Waals surface area contributed by atoms with E-state index in [1.165, 1.54) is 22.3 Å². The maximum Gasteiger partial charge on any atom is 0.250 e. The smallest absolute Gasteiger partial charge is 0.250 e. The Hall–Kier alpha value is -1.44. The molecule has 1 aliphatic heterocycles. The molecule has 1 heterocycles. The molecule has 2 radical (unpaired) electrons. The van der Waals surface area contributed by atoms with Crippen molar-refractivity contribution in [3.05, 3.63) is 41.1 Å². The fourth-order valence-corrected chi connectivity index (χ4v) is 1.91. The van der Waals surface area contributed by atoms with E-state index < -0.39 is 0 Å². The van der Waals surface area contributed by atoms with Crippen molar-refractivity contribution in [3.8, 4) is 0 Å². The van der Waals surface area contributed by atoms with Crippen LogP contribution in [-0.2, 0) is 0 Å². The molecule has 2 heteroatoms. The lowest BCUT2D eigenvalue weighted by Gasteiger charge is -2.09. The van der Waals surface area contributed by atoms with Gasteiger partial charge in [-0.25, -0.2) is 4.99 Å². The molecule has 0 aliphatic carbocycles. The standard InChI is InChI=1S/C12H12N2/c1-8-4-9(2)12(10(3)5-8)11-6-13-7-14-11/h4-6H,1-3H3. The summed E-state index contributed by atoms with van der Waals surface area (Å²) >= 11 is 0. The monoisotopic (exact) mass is 184 g/mol. The highest BCUT2D eigenvalue weighted by Crippen LogP contribution is 2.18. The zero-order valence-electron chi connectivity index (χ0n) is 8.63. The Morgan fingerprint density at radius 1 is 1.07 bits per heavy atom. The third kappa shape index (κ3) is 1.48. The van der Waals surface area contributed by atoms with Crippen LogP contribution in [0.5, 0.6) is 0 Å². The predicted molar refractivity (Wildman–Crippen MR) is 58.9 cm³/mol. The van der Waals surface area contributed by atoms with Crippen LogP contribution in [0.15, 0.2) is 22.1 Å². The fourth-order valence-electron chi connectivity index (χ4n) is 1.91. The number of nitrogens with zero attached hydrogens (tertiary/aromatic N) is 2. The number of aryl methyl sites for hydroxylation is 3. The summed E-state index contributed by atoms with van der Waals surface area (Å²) in [6.45, 7) is 8.90. The van der Waals surface area contributed by atoms with Gasteiger partial charge in [0.1, 0.15) is 0 Å². The Labute approximate surface area is 84.4 Å². The van der Waals surface area contributed by atoms with E-state index in [1.54, 1.807) is 6.21 Å². The van der Waals surface area contributed by atoms with Gasteiger partial charge in [0.2, 0.25) is 6.67 Å². The number of aliphatic imine (C=N–C) groups is 2. The molecule has 70 valence electrons.